The fraction of sp³-hybridized carbons (Fsp3) is 0.765. The summed E-state index contributed by atoms with van der Waals surface area (Å²) in [5.41, 5.74) is 1.17. The van der Waals surface area contributed by atoms with Crippen LogP contribution in [0.15, 0.2) is 4.90 Å². The Balaban J connectivity index is 2.19. The second-order valence-corrected chi connectivity index (χ2v) is 8.59. The van der Waals surface area contributed by atoms with E-state index in [4.69, 9.17) is 0 Å². The van der Waals surface area contributed by atoms with Gasteiger partial charge in [-0.25, -0.2) is 8.42 Å². The van der Waals surface area contributed by atoms with Crippen LogP contribution >= 0.6 is 0 Å². The number of amides is 1. The largest absolute Gasteiger partial charge is 0.341 e. The molecule has 0 radical (unpaired) electrons. The van der Waals surface area contributed by atoms with Crippen molar-refractivity contribution >= 4 is 15.9 Å². The Kier molecular flexibility index (Phi) is 6.26. The number of carbonyl (C=O) groups excluding carboxylic acids is 1. The van der Waals surface area contributed by atoms with Crippen LogP contribution in [0.1, 0.15) is 44.5 Å². The lowest BCUT2D eigenvalue weighted by Gasteiger charge is -2.25. The maximum absolute atomic E-state index is 13.1. The van der Waals surface area contributed by atoms with Crippen LogP contribution in [-0.2, 0) is 21.9 Å². The van der Waals surface area contributed by atoms with Crippen molar-refractivity contribution in [3.8, 4) is 0 Å². The van der Waals surface area contributed by atoms with Gasteiger partial charge in [-0.3, -0.25) is 9.48 Å². The molecule has 1 aliphatic heterocycles. The smallest absolute Gasteiger partial charge is 0.246 e. The molecule has 0 saturated carbocycles. The molecule has 1 aliphatic rings. The highest BCUT2D eigenvalue weighted by atomic mass is 32.2. The lowest BCUT2D eigenvalue weighted by Crippen LogP contribution is -2.40. The Bertz CT molecular complexity index is 722. The molecule has 142 valence electrons. The second-order valence-electron chi connectivity index (χ2n) is 6.72. The summed E-state index contributed by atoms with van der Waals surface area (Å²) in [6.45, 7) is 9.38. The molecule has 1 aromatic heterocycles. The number of aryl methyl sites for hydroxylation is 2. The van der Waals surface area contributed by atoms with Gasteiger partial charge in [0, 0.05) is 39.1 Å². The lowest BCUT2D eigenvalue weighted by molar-refractivity contribution is -0.135. The van der Waals surface area contributed by atoms with Crippen LogP contribution in [0.2, 0.25) is 0 Å². The van der Waals surface area contributed by atoms with E-state index in [-0.39, 0.29) is 11.8 Å². The molecule has 0 bridgehead atoms. The van der Waals surface area contributed by atoms with Crippen LogP contribution in [0.5, 0.6) is 0 Å². The van der Waals surface area contributed by atoms with Gasteiger partial charge < -0.3 is 4.90 Å². The van der Waals surface area contributed by atoms with Gasteiger partial charge in [0.2, 0.25) is 15.9 Å². The Labute approximate surface area is 151 Å². The van der Waals surface area contributed by atoms with E-state index in [1.807, 2.05) is 18.7 Å². The maximum Gasteiger partial charge on any atom is 0.246 e. The third-order valence-electron chi connectivity index (χ3n) is 5.14. The zero-order valence-corrected chi connectivity index (χ0v) is 16.8. The minimum absolute atomic E-state index is 0.0333. The highest BCUT2D eigenvalue weighted by molar-refractivity contribution is 7.89. The molecule has 0 spiro atoms. The third-order valence-corrected chi connectivity index (χ3v) is 7.29. The Morgan fingerprint density at radius 1 is 1.12 bits per heavy atom. The SMILES string of the molecule is CCC(CC)C(=O)N1CCCN(S(=O)(=O)c2c(C)nn(C)c2C)CC1. The van der Waals surface area contributed by atoms with Gasteiger partial charge in [-0.05, 0) is 33.1 Å². The number of sulfonamides is 1. The van der Waals surface area contributed by atoms with Crippen LogP contribution in [0.3, 0.4) is 0 Å². The third kappa shape index (κ3) is 3.89. The average Bonchev–Trinajstić information content (AvgIpc) is 2.74. The molecule has 1 amide bonds. The first-order valence-corrected chi connectivity index (χ1v) is 10.5. The quantitative estimate of drug-likeness (QED) is 0.790. The summed E-state index contributed by atoms with van der Waals surface area (Å²) in [5.74, 6) is 0.184. The first-order valence-electron chi connectivity index (χ1n) is 9.03. The van der Waals surface area contributed by atoms with Crippen molar-refractivity contribution in [2.45, 2.75) is 51.9 Å². The van der Waals surface area contributed by atoms with Gasteiger partial charge in [-0.15, -0.1) is 0 Å². The van der Waals surface area contributed by atoms with E-state index in [2.05, 4.69) is 5.10 Å². The van der Waals surface area contributed by atoms with E-state index in [0.717, 1.165) is 12.8 Å². The van der Waals surface area contributed by atoms with Gasteiger partial charge in [0.25, 0.3) is 0 Å². The minimum Gasteiger partial charge on any atom is -0.341 e. The average molecular weight is 371 g/mol. The zero-order valence-electron chi connectivity index (χ0n) is 15.9. The molecule has 8 heteroatoms. The molecule has 0 aromatic carbocycles. The number of hydrogen-bond donors (Lipinski definition) is 0. The fourth-order valence-electron chi connectivity index (χ4n) is 3.51. The number of aromatic nitrogens is 2. The van der Waals surface area contributed by atoms with E-state index in [1.165, 1.54) is 4.31 Å². The molecular formula is C17H30N4O3S. The monoisotopic (exact) mass is 370 g/mol. The van der Waals surface area contributed by atoms with Gasteiger partial charge in [0.05, 0.1) is 11.4 Å². The Hall–Kier alpha value is -1.41. The maximum atomic E-state index is 13.1. The molecule has 1 saturated heterocycles. The zero-order chi connectivity index (χ0) is 18.8. The van der Waals surface area contributed by atoms with E-state index in [1.54, 1.807) is 25.6 Å². The summed E-state index contributed by atoms with van der Waals surface area (Å²) in [5, 5.41) is 4.23. The summed E-state index contributed by atoms with van der Waals surface area (Å²) in [4.78, 5) is 14.7. The summed E-state index contributed by atoms with van der Waals surface area (Å²) in [6.07, 6.45) is 2.30. The van der Waals surface area contributed by atoms with Crippen LogP contribution < -0.4 is 0 Å². The van der Waals surface area contributed by atoms with Crippen molar-refractivity contribution in [2.75, 3.05) is 26.2 Å². The van der Waals surface area contributed by atoms with Crippen LogP contribution in [0, 0.1) is 19.8 Å². The number of rotatable bonds is 5. The summed E-state index contributed by atoms with van der Waals surface area (Å²) in [7, 11) is -1.84. The standard InChI is InChI=1S/C17H30N4O3S/c1-6-15(7-2)17(22)20-9-8-10-21(12-11-20)25(23,24)16-13(3)18-19(5)14(16)4/h15H,6-12H2,1-5H3. The van der Waals surface area contributed by atoms with E-state index in [9.17, 15) is 13.2 Å². The predicted molar refractivity (Wildman–Crippen MR) is 96.7 cm³/mol. The van der Waals surface area contributed by atoms with E-state index in [0.29, 0.717) is 48.9 Å². The first kappa shape index (κ1) is 19.9. The molecule has 0 N–H and O–H groups in total. The molecule has 0 unspecified atom stereocenters. The molecule has 2 heterocycles. The Morgan fingerprint density at radius 2 is 1.76 bits per heavy atom. The number of hydrogen-bond acceptors (Lipinski definition) is 4. The second kappa shape index (κ2) is 7.86. The van der Waals surface area contributed by atoms with E-state index >= 15 is 0 Å². The summed E-state index contributed by atoms with van der Waals surface area (Å²) < 4.78 is 29.3. The molecular weight excluding hydrogens is 340 g/mol. The first-order chi connectivity index (χ1) is 11.7. The molecule has 2 rings (SSSR count). The molecule has 7 nitrogen and oxygen atoms in total. The van der Waals surface area contributed by atoms with Crippen LogP contribution in [0.25, 0.3) is 0 Å². The van der Waals surface area contributed by atoms with Crippen molar-refractivity contribution in [3.63, 3.8) is 0 Å². The summed E-state index contributed by atoms with van der Waals surface area (Å²) in [6, 6.07) is 0. The molecule has 25 heavy (non-hydrogen) atoms. The van der Waals surface area contributed by atoms with Crippen LogP contribution in [-0.4, -0.2) is 59.5 Å². The van der Waals surface area contributed by atoms with Gasteiger partial charge >= 0.3 is 0 Å². The molecule has 1 fully saturated rings. The van der Waals surface area contributed by atoms with Crippen LogP contribution in [0.4, 0.5) is 0 Å². The number of carbonyl (C=O) groups is 1. The highest BCUT2D eigenvalue weighted by Crippen LogP contribution is 2.24. The predicted octanol–water partition coefficient (Wildman–Crippen LogP) is 1.70. The van der Waals surface area contributed by atoms with Crippen molar-refractivity contribution in [3.05, 3.63) is 11.4 Å². The molecule has 0 atom stereocenters. The highest BCUT2D eigenvalue weighted by Gasteiger charge is 2.33. The fourth-order valence-corrected chi connectivity index (χ4v) is 5.38. The van der Waals surface area contributed by atoms with Crippen molar-refractivity contribution in [1.82, 2.24) is 19.0 Å². The normalized spacial score (nSPS) is 17.1. The van der Waals surface area contributed by atoms with Gasteiger partial charge in [0.15, 0.2) is 0 Å². The number of nitrogens with zero attached hydrogens (tertiary/aromatic N) is 4. The lowest BCUT2D eigenvalue weighted by atomic mass is 10.0. The topological polar surface area (TPSA) is 75.5 Å². The molecule has 1 aromatic rings. The minimum atomic E-state index is -3.59. The van der Waals surface area contributed by atoms with Crippen molar-refractivity contribution in [2.24, 2.45) is 13.0 Å². The van der Waals surface area contributed by atoms with E-state index < -0.39 is 10.0 Å². The Morgan fingerprint density at radius 3 is 2.28 bits per heavy atom. The van der Waals surface area contributed by atoms with Crippen molar-refractivity contribution in [1.29, 1.82) is 0 Å². The van der Waals surface area contributed by atoms with Gasteiger partial charge in [0.1, 0.15) is 4.90 Å². The van der Waals surface area contributed by atoms with Crippen molar-refractivity contribution < 1.29 is 13.2 Å². The summed E-state index contributed by atoms with van der Waals surface area (Å²) >= 11 is 0. The molecule has 0 aliphatic carbocycles. The van der Waals surface area contributed by atoms with Gasteiger partial charge in [-0.2, -0.15) is 9.40 Å². The van der Waals surface area contributed by atoms with Gasteiger partial charge in [-0.1, -0.05) is 13.8 Å².